The minimum Gasteiger partial charge on any atom is -0.493 e. The molecule has 3 rings (SSSR count). The Bertz CT molecular complexity index is 626. The molecule has 1 unspecified atom stereocenters. The summed E-state index contributed by atoms with van der Waals surface area (Å²) < 4.78 is 38.3. The predicted molar refractivity (Wildman–Crippen MR) is 82.7 cm³/mol. The monoisotopic (exact) mass is 326 g/mol. The standard InChI is InChI=1S/C15H22N2O4S/c1-12(17-5-8-20-9-6-17)11-16-22(18,19)14-2-3-15-13(10-14)4-7-21-15/h2-3,10,12,16H,4-9,11H2,1H3. The van der Waals surface area contributed by atoms with E-state index in [4.69, 9.17) is 9.47 Å². The number of ether oxygens (including phenoxy) is 2. The Balaban J connectivity index is 1.63. The Morgan fingerprint density at radius 3 is 2.82 bits per heavy atom. The SMILES string of the molecule is CC(CNS(=O)(=O)c1ccc2c(c1)CCO2)N1CCOCC1. The maximum Gasteiger partial charge on any atom is 0.240 e. The third-order valence-electron chi connectivity index (χ3n) is 4.21. The highest BCUT2D eigenvalue weighted by Gasteiger charge is 2.22. The Labute approximate surface area is 131 Å². The number of hydrogen-bond donors (Lipinski definition) is 1. The van der Waals surface area contributed by atoms with Gasteiger partial charge in [0.05, 0.1) is 24.7 Å². The topological polar surface area (TPSA) is 67.9 Å². The molecule has 1 aromatic rings. The van der Waals surface area contributed by atoms with Crippen molar-refractivity contribution in [3.63, 3.8) is 0 Å². The number of nitrogens with one attached hydrogen (secondary N) is 1. The van der Waals surface area contributed by atoms with Crippen molar-refractivity contribution < 1.29 is 17.9 Å². The molecule has 1 saturated heterocycles. The van der Waals surface area contributed by atoms with Crippen LogP contribution >= 0.6 is 0 Å². The molecule has 6 nitrogen and oxygen atoms in total. The van der Waals surface area contributed by atoms with Gasteiger partial charge in [-0.2, -0.15) is 0 Å². The molecular formula is C15H22N2O4S. The molecule has 122 valence electrons. The maximum atomic E-state index is 12.4. The van der Waals surface area contributed by atoms with Gasteiger partial charge < -0.3 is 9.47 Å². The van der Waals surface area contributed by atoms with Gasteiger partial charge in [0, 0.05) is 32.1 Å². The molecule has 0 aromatic heterocycles. The van der Waals surface area contributed by atoms with Gasteiger partial charge in [-0.05, 0) is 30.7 Å². The second kappa shape index (κ2) is 6.54. The molecule has 1 N–H and O–H groups in total. The van der Waals surface area contributed by atoms with Gasteiger partial charge in [0.25, 0.3) is 0 Å². The summed E-state index contributed by atoms with van der Waals surface area (Å²) in [4.78, 5) is 2.55. The van der Waals surface area contributed by atoms with E-state index in [2.05, 4.69) is 9.62 Å². The van der Waals surface area contributed by atoms with Crippen molar-refractivity contribution >= 4 is 10.0 Å². The van der Waals surface area contributed by atoms with Crippen LogP contribution < -0.4 is 9.46 Å². The normalized spacial score (nSPS) is 20.4. The summed E-state index contributed by atoms with van der Waals surface area (Å²) in [6.07, 6.45) is 0.767. The largest absolute Gasteiger partial charge is 0.493 e. The fraction of sp³-hybridized carbons (Fsp3) is 0.600. The molecule has 1 atom stereocenters. The van der Waals surface area contributed by atoms with Crippen molar-refractivity contribution in [2.45, 2.75) is 24.3 Å². The smallest absolute Gasteiger partial charge is 0.240 e. The average molecular weight is 326 g/mol. The summed E-state index contributed by atoms with van der Waals surface area (Å²) in [5.74, 6) is 0.792. The number of hydrogen-bond acceptors (Lipinski definition) is 5. The summed E-state index contributed by atoms with van der Waals surface area (Å²) >= 11 is 0. The van der Waals surface area contributed by atoms with Gasteiger partial charge in [-0.25, -0.2) is 13.1 Å². The number of fused-ring (bicyclic) bond motifs is 1. The van der Waals surface area contributed by atoms with Gasteiger partial charge >= 0.3 is 0 Å². The molecule has 0 amide bonds. The zero-order chi connectivity index (χ0) is 15.6. The van der Waals surface area contributed by atoms with E-state index in [1.807, 2.05) is 6.92 Å². The van der Waals surface area contributed by atoms with E-state index in [-0.39, 0.29) is 6.04 Å². The van der Waals surface area contributed by atoms with Crippen molar-refractivity contribution in [3.8, 4) is 5.75 Å². The van der Waals surface area contributed by atoms with E-state index in [1.54, 1.807) is 18.2 Å². The van der Waals surface area contributed by atoms with Crippen LogP contribution in [0.1, 0.15) is 12.5 Å². The lowest BCUT2D eigenvalue weighted by Gasteiger charge is -2.32. The minimum atomic E-state index is -3.48. The number of nitrogens with zero attached hydrogens (tertiary/aromatic N) is 1. The summed E-state index contributed by atoms with van der Waals surface area (Å²) in [7, 11) is -3.48. The first-order chi connectivity index (χ1) is 10.6. The first-order valence-corrected chi connectivity index (χ1v) is 9.12. The molecule has 0 radical (unpaired) electrons. The van der Waals surface area contributed by atoms with Crippen LogP contribution in [0, 0.1) is 0 Å². The summed E-state index contributed by atoms with van der Waals surface area (Å²) in [6.45, 7) is 6.17. The quantitative estimate of drug-likeness (QED) is 0.859. The van der Waals surface area contributed by atoms with Crippen LogP contribution in [0.3, 0.4) is 0 Å². The van der Waals surface area contributed by atoms with Crippen molar-refractivity contribution in [3.05, 3.63) is 23.8 Å². The van der Waals surface area contributed by atoms with E-state index < -0.39 is 10.0 Å². The van der Waals surface area contributed by atoms with Gasteiger partial charge in [-0.15, -0.1) is 0 Å². The fourth-order valence-electron chi connectivity index (χ4n) is 2.79. The Morgan fingerprint density at radius 2 is 2.05 bits per heavy atom. The molecule has 7 heteroatoms. The molecule has 2 aliphatic rings. The lowest BCUT2D eigenvalue weighted by atomic mass is 10.2. The van der Waals surface area contributed by atoms with E-state index >= 15 is 0 Å². The molecule has 2 heterocycles. The molecule has 0 bridgehead atoms. The van der Waals surface area contributed by atoms with Crippen LogP contribution in [-0.4, -0.2) is 58.8 Å². The van der Waals surface area contributed by atoms with E-state index in [0.29, 0.717) is 31.3 Å². The van der Waals surface area contributed by atoms with Gasteiger partial charge in [0.15, 0.2) is 0 Å². The van der Waals surface area contributed by atoms with E-state index in [1.165, 1.54) is 0 Å². The van der Waals surface area contributed by atoms with Crippen molar-refractivity contribution in [2.24, 2.45) is 0 Å². The number of morpholine rings is 1. The van der Waals surface area contributed by atoms with Crippen molar-refractivity contribution in [2.75, 3.05) is 39.5 Å². The highest BCUT2D eigenvalue weighted by atomic mass is 32.2. The third-order valence-corrected chi connectivity index (χ3v) is 5.63. The zero-order valence-corrected chi connectivity index (χ0v) is 13.6. The molecule has 0 saturated carbocycles. The molecule has 2 aliphatic heterocycles. The van der Waals surface area contributed by atoms with E-state index in [9.17, 15) is 8.42 Å². The highest BCUT2D eigenvalue weighted by molar-refractivity contribution is 7.89. The van der Waals surface area contributed by atoms with Crippen LogP contribution in [-0.2, 0) is 21.2 Å². The number of benzene rings is 1. The second-order valence-corrected chi connectivity index (χ2v) is 7.48. The number of rotatable bonds is 5. The molecular weight excluding hydrogens is 304 g/mol. The van der Waals surface area contributed by atoms with Crippen LogP contribution in [0.2, 0.25) is 0 Å². The first-order valence-electron chi connectivity index (χ1n) is 7.63. The Morgan fingerprint density at radius 1 is 1.27 bits per heavy atom. The summed E-state index contributed by atoms with van der Waals surface area (Å²) in [5.41, 5.74) is 0.962. The lowest BCUT2D eigenvalue weighted by molar-refractivity contribution is 0.0213. The molecule has 0 spiro atoms. The Kier molecular flexibility index (Phi) is 4.67. The van der Waals surface area contributed by atoms with Crippen LogP contribution in [0.15, 0.2) is 23.1 Å². The van der Waals surface area contributed by atoms with Crippen LogP contribution in [0.5, 0.6) is 5.75 Å². The molecule has 1 fully saturated rings. The fourth-order valence-corrected chi connectivity index (χ4v) is 3.96. The molecule has 22 heavy (non-hydrogen) atoms. The summed E-state index contributed by atoms with van der Waals surface area (Å²) in [6, 6.07) is 5.20. The van der Waals surface area contributed by atoms with Gasteiger partial charge in [0.1, 0.15) is 5.75 Å². The molecule has 1 aromatic carbocycles. The van der Waals surface area contributed by atoms with Crippen LogP contribution in [0.4, 0.5) is 0 Å². The molecule has 0 aliphatic carbocycles. The Hall–Kier alpha value is -1.15. The van der Waals surface area contributed by atoms with Crippen LogP contribution in [0.25, 0.3) is 0 Å². The lowest BCUT2D eigenvalue weighted by Crippen LogP contribution is -2.47. The van der Waals surface area contributed by atoms with Gasteiger partial charge in [-0.3, -0.25) is 4.90 Å². The van der Waals surface area contributed by atoms with E-state index in [0.717, 1.165) is 30.8 Å². The minimum absolute atomic E-state index is 0.149. The van der Waals surface area contributed by atoms with Gasteiger partial charge in [-0.1, -0.05) is 0 Å². The third kappa shape index (κ3) is 3.43. The highest BCUT2D eigenvalue weighted by Crippen LogP contribution is 2.27. The first kappa shape index (κ1) is 15.7. The van der Waals surface area contributed by atoms with Crippen molar-refractivity contribution in [1.82, 2.24) is 9.62 Å². The maximum absolute atomic E-state index is 12.4. The number of sulfonamides is 1. The predicted octanol–water partition coefficient (Wildman–Crippen LogP) is 0.620. The summed E-state index contributed by atoms with van der Waals surface area (Å²) in [5, 5.41) is 0. The zero-order valence-electron chi connectivity index (χ0n) is 12.7. The average Bonchev–Trinajstić information content (AvgIpc) is 3.01. The van der Waals surface area contributed by atoms with Gasteiger partial charge in [0.2, 0.25) is 10.0 Å². The second-order valence-electron chi connectivity index (χ2n) is 5.72. The van der Waals surface area contributed by atoms with Crippen molar-refractivity contribution in [1.29, 1.82) is 0 Å².